The van der Waals surface area contributed by atoms with E-state index in [2.05, 4.69) is 10.6 Å². The molecular weight excluding hydrogens is 539 g/mol. The van der Waals surface area contributed by atoms with Crippen LogP contribution in [0.15, 0.2) is 65.6 Å². The van der Waals surface area contributed by atoms with Crippen LogP contribution in [0.1, 0.15) is 41.3 Å². The number of anilines is 1. The monoisotopic (exact) mass is 575 g/mol. The Kier molecular flexibility index (Phi) is 11.8. The van der Waals surface area contributed by atoms with E-state index in [1.807, 2.05) is 12.3 Å². The minimum Gasteiger partial charge on any atom is -0.496 e. The lowest BCUT2D eigenvalue weighted by molar-refractivity contribution is -0.137. The van der Waals surface area contributed by atoms with E-state index in [-0.39, 0.29) is 11.5 Å². The van der Waals surface area contributed by atoms with E-state index in [0.29, 0.717) is 35.6 Å². The van der Waals surface area contributed by atoms with Crippen LogP contribution in [0.4, 0.5) is 18.9 Å². The lowest BCUT2D eigenvalue weighted by atomic mass is 9.92. The molecule has 1 unspecified atom stereocenters. The first-order valence-corrected chi connectivity index (χ1v) is 14.3. The lowest BCUT2D eigenvalue weighted by Crippen LogP contribution is -2.20. The molecule has 0 radical (unpaired) electrons. The molecule has 0 bridgehead atoms. The van der Waals surface area contributed by atoms with Crippen LogP contribution >= 0.6 is 10.7 Å². The molecule has 1 amide bonds. The average Bonchev–Trinajstić information content (AvgIpc) is 2.95. The molecule has 3 aromatic rings. The first kappa shape index (κ1) is 31.3. The second-order valence-electron chi connectivity index (χ2n) is 9.04. The zero-order valence-electron chi connectivity index (χ0n) is 22.9. The summed E-state index contributed by atoms with van der Waals surface area (Å²) in [5.41, 5.74) is 1.52. The number of halogens is 3. The van der Waals surface area contributed by atoms with Gasteiger partial charge < -0.3 is 20.1 Å². The number of unbranched alkanes of at least 4 members (excludes halogenated alkanes) is 1. The van der Waals surface area contributed by atoms with Gasteiger partial charge in [-0.1, -0.05) is 34.9 Å². The number of aryl methyl sites for hydroxylation is 1. The van der Waals surface area contributed by atoms with Crippen molar-refractivity contribution >= 4 is 27.6 Å². The third kappa shape index (κ3) is 8.41. The van der Waals surface area contributed by atoms with Crippen LogP contribution < -0.4 is 20.5 Å². The molecule has 0 fully saturated rings. The molecule has 3 aromatic carbocycles. The van der Waals surface area contributed by atoms with E-state index in [1.165, 1.54) is 19.2 Å². The molecule has 0 spiro atoms. The maximum atomic E-state index is 13.8. The second kappa shape index (κ2) is 15.0. The minimum atomic E-state index is -4.49. The van der Waals surface area contributed by atoms with Crippen LogP contribution in [0.2, 0.25) is 0 Å². The molecule has 0 aliphatic rings. The topological polar surface area (TPSA) is 85.6 Å². The summed E-state index contributed by atoms with van der Waals surface area (Å²) in [6, 6.07) is 15.7. The van der Waals surface area contributed by atoms with Gasteiger partial charge in [-0.3, -0.25) is 9.93 Å². The van der Waals surface area contributed by atoms with Gasteiger partial charge in [0, 0.05) is 24.9 Å². The zero-order chi connectivity index (χ0) is 29.1. The molecule has 40 heavy (non-hydrogen) atoms. The quantitative estimate of drug-likeness (QED) is 0.160. The molecule has 0 aliphatic heterocycles. The summed E-state index contributed by atoms with van der Waals surface area (Å²) in [5, 5.41) is 14.1. The molecule has 3 rings (SSSR count). The fraction of sp³-hybridized carbons (Fsp3) is 0.333. The Labute approximate surface area is 236 Å². The molecule has 0 aromatic heterocycles. The van der Waals surface area contributed by atoms with Crippen LogP contribution in [-0.2, 0) is 17.3 Å². The van der Waals surface area contributed by atoms with E-state index in [1.54, 1.807) is 49.6 Å². The first-order valence-electron chi connectivity index (χ1n) is 12.9. The van der Waals surface area contributed by atoms with Crippen LogP contribution in [0.5, 0.6) is 5.75 Å². The maximum absolute atomic E-state index is 13.8. The summed E-state index contributed by atoms with van der Waals surface area (Å²) >= 11 is 0. The fourth-order valence-electron chi connectivity index (χ4n) is 4.30. The van der Waals surface area contributed by atoms with Gasteiger partial charge in [-0.2, -0.15) is 13.2 Å². The van der Waals surface area contributed by atoms with E-state index in [4.69, 9.17) is 14.6 Å². The van der Waals surface area contributed by atoms with E-state index in [9.17, 15) is 18.0 Å². The highest BCUT2D eigenvalue weighted by molar-refractivity contribution is 8.13. The van der Waals surface area contributed by atoms with Gasteiger partial charge in [0.15, 0.2) is 0 Å². The number of carbonyl (C=O) groups excluding carboxylic acids is 1. The highest BCUT2D eigenvalue weighted by Gasteiger charge is 2.33. The number of hydrogen-bond donors (Lipinski definition) is 3. The van der Waals surface area contributed by atoms with Crippen LogP contribution in [0.25, 0.3) is 11.1 Å². The fourth-order valence-corrected chi connectivity index (χ4v) is 5.16. The van der Waals surface area contributed by atoms with Crippen molar-refractivity contribution in [2.45, 2.75) is 37.3 Å². The lowest BCUT2D eigenvalue weighted by Gasteiger charge is -2.18. The molecule has 10 heteroatoms. The number of carbonyl (C=O) groups is 1. The smallest absolute Gasteiger partial charge is 0.417 e. The first-order chi connectivity index (χ1) is 19.2. The Balaban J connectivity index is 1.88. The van der Waals surface area contributed by atoms with Crippen molar-refractivity contribution in [2.24, 2.45) is 5.14 Å². The number of rotatable bonds is 13. The second-order valence-corrected chi connectivity index (χ2v) is 10.7. The number of ether oxygens (including phenoxy) is 2. The third-order valence-corrected chi connectivity index (χ3v) is 7.71. The van der Waals surface area contributed by atoms with Gasteiger partial charge in [0.25, 0.3) is 5.91 Å². The highest BCUT2D eigenvalue weighted by Crippen LogP contribution is 2.39. The van der Waals surface area contributed by atoms with Gasteiger partial charge >= 0.3 is 6.18 Å². The molecule has 0 aliphatic carbocycles. The average molecular weight is 576 g/mol. The predicted octanol–water partition coefficient (Wildman–Crippen LogP) is 6.52. The molecule has 0 saturated heterocycles. The van der Waals surface area contributed by atoms with Crippen molar-refractivity contribution in [2.75, 3.05) is 39.2 Å². The number of methoxy groups -OCH3 is 2. The molecule has 0 saturated carbocycles. The predicted molar refractivity (Wildman–Crippen MR) is 157 cm³/mol. The summed E-state index contributed by atoms with van der Waals surface area (Å²) < 4.78 is 52.0. The number of alkyl halides is 3. The minimum absolute atomic E-state index is 0.117. The molecule has 4 N–H and O–H groups in total. The summed E-state index contributed by atoms with van der Waals surface area (Å²) in [5.74, 6) is 0.148. The molecule has 1 atom stereocenters. The Bertz CT molecular complexity index is 1330. The van der Waals surface area contributed by atoms with Crippen molar-refractivity contribution in [3.8, 4) is 16.9 Å². The van der Waals surface area contributed by atoms with Gasteiger partial charge in [0.2, 0.25) is 0 Å². The van der Waals surface area contributed by atoms with Crippen LogP contribution in [0, 0.1) is 0 Å². The normalized spacial score (nSPS) is 12.4. The Hall–Kier alpha value is -3.18. The highest BCUT2D eigenvalue weighted by atomic mass is 32.2. The zero-order valence-corrected chi connectivity index (χ0v) is 23.8. The van der Waals surface area contributed by atoms with Gasteiger partial charge in [-0.05, 0) is 91.2 Å². The summed E-state index contributed by atoms with van der Waals surface area (Å²) in [7, 11) is 2.53. The van der Waals surface area contributed by atoms with E-state index in [0.717, 1.165) is 42.5 Å². The summed E-state index contributed by atoms with van der Waals surface area (Å²) in [4.78, 5) is 13.9. The summed E-state index contributed by atoms with van der Waals surface area (Å²) in [6.07, 6.45) is -2.35. The number of benzene rings is 3. The SMILES string of the molecule is C/C=S(/N)c1ccc(C(=O)Nc2ccc(-c3ccccc3C(F)(F)F)c(CCCCNCCOC)c2)cc1OC. The summed E-state index contributed by atoms with van der Waals surface area (Å²) in [6.45, 7) is 3.97. The molecule has 6 nitrogen and oxygen atoms in total. The van der Waals surface area contributed by atoms with E-state index >= 15 is 0 Å². The van der Waals surface area contributed by atoms with Crippen molar-refractivity contribution in [1.82, 2.24) is 5.32 Å². The van der Waals surface area contributed by atoms with Crippen molar-refractivity contribution < 1.29 is 27.4 Å². The molecule has 0 heterocycles. The van der Waals surface area contributed by atoms with Gasteiger partial charge in [-0.25, -0.2) is 0 Å². The van der Waals surface area contributed by atoms with Crippen molar-refractivity contribution in [1.29, 1.82) is 0 Å². The maximum Gasteiger partial charge on any atom is 0.417 e. The van der Waals surface area contributed by atoms with Gasteiger partial charge in [0.05, 0.1) is 24.2 Å². The largest absolute Gasteiger partial charge is 0.496 e. The molecular formula is C30H36F3N3O3S. The van der Waals surface area contributed by atoms with Crippen molar-refractivity contribution in [3.05, 3.63) is 77.4 Å². The van der Waals surface area contributed by atoms with Crippen molar-refractivity contribution in [3.63, 3.8) is 0 Å². The standard InChI is InChI=1S/C30H36F3N3O3S/c1-4-40(34)28-15-12-22(20-27(28)39-3)29(37)36-23-13-14-24(25-10-5-6-11-26(25)30(31,32)33)21(19-23)9-7-8-16-35-17-18-38-2/h4-6,10-15,19-20,35H,7-9,16-18,34H2,1-3H3,(H,36,37). The number of hydrogen-bond acceptors (Lipinski definition) is 5. The Morgan fingerprint density at radius 2 is 1.77 bits per heavy atom. The number of nitrogens with two attached hydrogens (primary N) is 1. The van der Waals surface area contributed by atoms with Crippen LogP contribution in [-0.4, -0.2) is 45.2 Å². The Morgan fingerprint density at radius 1 is 1.00 bits per heavy atom. The number of nitrogens with one attached hydrogen (secondary N) is 2. The van der Waals surface area contributed by atoms with Crippen LogP contribution in [0.3, 0.4) is 0 Å². The Morgan fingerprint density at radius 3 is 2.48 bits per heavy atom. The number of amides is 1. The van der Waals surface area contributed by atoms with Gasteiger partial charge in [-0.15, -0.1) is 0 Å². The third-order valence-electron chi connectivity index (χ3n) is 6.35. The van der Waals surface area contributed by atoms with E-state index < -0.39 is 22.4 Å². The molecule has 216 valence electrons. The van der Waals surface area contributed by atoms with Gasteiger partial charge in [0.1, 0.15) is 5.75 Å².